The minimum Gasteiger partial charge on any atom is -0.495 e. The Bertz CT molecular complexity index is 594. The molecule has 0 spiro atoms. The summed E-state index contributed by atoms with van der Waals surface area (Å²) in [4.78, 5) is 24.2. The van der Waals surface area contributed by atoms with Gasteiger partial charge in [0.25, 0.3) is 0 Å². The summed E-state index contributed by atoms with van der Waals surface area (Å²) < 4.78 is 10.2. The highest BCUT2D eigenvalue weighted by molar-refractivity contribution is 6.32. The number of anilines is 1. The molecule has 0 atom stereocenters. The highest BCUT2D eigenvalue weighted by Crippen LogP contribution is 2.27. The van der Waals surface area contributed by atoms with E-state index in [1.165, 1.54) is 7.11 Å². The van der Waals surface area contributed by atoms with Crippen LogP contribution in [0.3, 0.4) is 0 Å². The van der Waals surface area contributed by atoms with Gasteiger partial charge in [-0.2, -0.15) is 0 Å². The van der Waals surface area contributed by atoms with Crippen molar-refractivity contribution in [3.63, 3.8) is 0 Å². The molecule has 0 aliphatic carbocycles. The van der Waals surface area contributed by atoms with Crippen molar-refractivity contribution in [1.29, 1.82) is 0 Å². The van der Waals surface area contributed by atoms with Crippen LogP contribution in [0.15, 0.2) is 18.2 Å². The van der Waals surface area contributed by atoms with Crippen LogP contribution < -0.4 is 15.4 Å². The lowest BCUT2D eigenvalue weighted by Crippen LogP contribution is -2.53. The van der Waals surface area contributed by atoms with Gasteiger partial charge in [-0.05, 0) is 52.8 Å². The number of halogens is 1. The average molecular weight is 343 g/mol. The van der Waals surface area contributed by atoms with Gasteiger partial charge in [0.1, 0.15) is 16.9 Å². The normalized spacial score (nSPS) is 11.6. The highest BCUT2D eigenvalue weighted by Gasteiger charge is 2.31. The summed E-state index contributed by atoms with van der Waals surface area (Å²) >= 11 is 6.02. The van der Waals surface area contributed by atoms with Crippen molar-refractivity contribution in [3.05, 3.63) is 23.2 Å². The molecule has 1 aromatic rings. The number of nitrogens with one attached hydrogen (secondary N) is 2. The zero-order chi connectivity index (χ0) is 17.8. The molecule has 6 nitrogen and oxygen atoms in total. The first kappa shape index (κ1) is 19.1. The first-order chi connectivity index (χ1) is 10.4. The highest BCUT2D eigenvalue weighted by atomic mass is 35.5. The molecule has 2 N–H and O–H groups in total. The van der Waals surface area contributed by atoms with Crippen LogP contribution in [0.2, 0.25) is 5.02 Å². The minimum atomic E-state index is -1.16. The van der Waals surface area contributed by atoms with E-state index >= 15 is 0 Å². The summed E-state index contributed by atoms with van der Waals surface area (Å²) in [6.45, 7) is 8.41. The molecule has 0 fully saturated rings. The first-order valence-corrected chi connectivity index (χ1v) is 7.48. The Morgan fingerprint density at radius 3 is 2.22 bits per heavy atom. The number of hydrogen-bond acceptors (Lipinski definition) is 4. The fraction of sp³-hybridized carbons (Fsp3) is 0.500. The third-order valence-electron chi connectivity index (χ3n) is 2.79. The molecular formula is C16H23ClN2O4. The van der Waals surface area contributed by atoms with Crippen molar-refractivity contribution < 1.29 is 19.1 Å². The number of carbonyl (C=O) groups excluding carboxylic acids is 2. The maximum atomic E-state index is 12.3. The van der Waals surface area contributed by atoms with Crippen molar-refractivity contribution in [3.8, 4) is 5.75 Å². The van der Waals surface area contributed by atoms with Gasteiger partial charge in [-0.15, -0.1) is 0 Å². The predicted molar refractivity (Wildman–Crippen MR) is 90.1 cm³/mol. The van der Waals surface area contributed by atoms with Gasteiger partial charge in [0.05, 0.1) is 12.1 Å². The average Bonchev–Trinajstić information content (AvgIpc) is 2.35. The van der Waals surface area contributed by atoms with E-state index in [1.54, 1.807) is 52.8 Å². The number of rotatable bonds is 4. The molecule has 1 rings (SSSR count). The van der Waals surface area contributed by atoms with E-state index in [9.17, 15) is 9.59 Å². The quantitative estimate of drug-likeness (QED) is 0.876. The molecule has 0 bridgehead atoms. The summed E-state index contributed by atoms with van der Waals surface area (Å²) in [6, 6.07) is 4.88. The number of carbonyl (C=O) groups is 2. The second-order valence-corrected chi connectivity index (χ2v) is 6.96. The second-order valence-electron chi connectivity index (χ2n) is 6.56. The van der Waals surface area contributed by atoms with Gasteiger partial charge in [0.15, 0.2) is 0 Å². The SMILES string of the molecule is COc1ccc(NC(=O)C(C)(C)NC(=O)OC(C)(C)C)cc1Cl. The fourth-order valence-electron chi connectivity index (χ4n) is 1.65. The summed E-state index contributed by atoms with van der Waals surface area (Å²) in [7, 11) is 1.51. The van der Waals surface area contributed by atoms with Crippen LogP contribution >= 0.6 is 11.6 Å². The summed E-state index contributed by atoms with van der Waals surface area (Å²) in [5, 5.41) is 5.61. The van der Waals surface area contributed by atoms with Crippen molar-refractivity contribution in [1.82, 2.24) is 5.32 Å². The second kappa shape index (κ2) is 7.08. The summed E-state index contributed by atoms with van der Waals surface area (Å²) in [5.41, 5.74) is -1.30. The molecule has 0 aliphatic heterocycles. The topological polar surface area (TPSA) is 76.7 Å². The molecule has 23 heavy (non-hydrogen) atoms. The summed E-state index contributed by atoms with van der Waals surface area (Å²) in [5.74, 6) is 0.111. The van der Waals surface area contributed by atoms with E-state index in [4.69, 9.17) is 21.1 Å². The lowest BCUT2D eigenvalue weighted by molar-refractivity contribution is -0.121. The van der Waals surface area contributed by atoms with Gasteiger partial charge in [0, 0.05) is 5.69 Å². The van der Waals surface area contributed by atoms with Gasteiger partial charge < -0.3 is 20.1 Å². The third-order valence-corrected chi connectivity index (χ3v) is 3.09. The number of ether oxygens (including phenoxy) is 2. The zero-order valence-corrected chi connectivity index (χ0v) is 15.0. The van der Waals surface area contributed by atoms with Gasteiger partial charge in [-0.1, -0.05) is 11.6 Å². The monoisotopic (exact) mass is 342 g/mol. The van der Waals surface area contributed by atoms with E-state index in [1.807, 2.05) is 0 Å². The van der Waals surface area contributed by atoms with E-state index in [0.29, 0.717) is 16.5 Å². The van der Waals surface area contributed by atoms with E-state index in [0.717, 1.165) is 0 Å². The van der Waals surface area contributed by atoms with Crippen LogP contribution in [0.25, 0.3) is 0 Å². The fourth-order valence-corrected chi connectivity index (χ4v) is 1.90. The van der Waals surface area contributed by atoms with Gasteiger partial charge in [-0.25, -0.2) is 4.79 Å². The lowest BCUT2D eigenvalue weighted by Gasteiger charge is -2.27. The number of benzene rings is 1. The van der Waals surface area contributed by atoms with Crippen LogP contribution in [0, 0.1) is 0 Å². The van der Waals surface area contributed by atoms with Crippen LogP contribution in [-0.4, -0.2) is 30.3 Å². The van der Waals surface area contributed by atoms with E-state index < -0.39 is 23.1 Å². The minimum absolute atomic E-state index is 0.378. The molecule has 0 aliphatic rings. The molecular weight excluding hydrogens is 320 g/mol. The molecule has 0 unspecified atom stereocenters. The number of amides is 2. The molecule has 0 radical (unpaired) electrons. The standard InChI is InChI=1S/C16H23ClN2O4/c1-15(2,3)23-14(21)19-16(4,5)13(20)18-10-7-8-12(22-6)11(17)9-10/h7-9H,1-6H3,(H,18,20)(H,19,21). The maximum absolute atomic E-state index is 12.3. The Labute approximate surface area is 141 Å². The van der Waals surface area contributed by atoms with Crippen LogP contribution in [-0.2, 0) is 9.53 Å². The predicted octanol–water partition coefficient (Wildman–Crippen LogP) is 3.59. The van der Waals surface area contributed by atoms with Crippen molar-refractivity contribution >= 4 is 29.3 Å². The Morgan fingerprint density at radius 2 is 1.74 bits per heavy atom. The van der Waals surface area contributed by atoms with Crippen LogP contribution in [0.1, 0.15) is 34.6 Å². The molecule has 0 heterocycles. The van der Waals surface area contributed by atoms with E-state index in [-0.39, 0.29) is 0 Å². The summed E-state index contributed by atoms with van der Waals surface area (Å²) in [6.07, 6.45) is -0.662. The third kappa shape index (κ3) is 5.98. The molecule has 7 heteroatoms. The van der Waals surface area contributed by atoms with E-state index in [2.05, 4.69) is 10.6 Å². The number of methoxy groups -OCH3 is 1. The molecule has 128 valence electrons. The molecule has 2 amide bonds. The van der Waals surface area contributed by atoms with Crippen molar-refractivity contribution in [2.24, 2.45) is 0 Å². The van der Waals surface area contributed by atoms with Crippen molar-refractivity contribution in [2.45, 2.75) is 45.8 Å². The molecule has 0 saturated heterocycles. The lowest BCUT2D eigenvalue weighted by atomic mass is 10.0. The van der Waals surface area contributed by atoms with Crippen molar-refractivity contribution in [2.75, 3.05) is 12.4 Å². The maximum Gasteiger partial charge on any atom is 0.408 e. The molecule has 0 saturated carbocycles. The van der Waals surface area contributed by atoms with Crippen LogP contribution in [0.4, 0.5) is 10.5 Å². The Balaban J connectivity index is 2.75. The number of hydrogen-bond donors (Lipinski definition) is 2. The van der Waals surface area contributed by atoms with Gasteiger partial charge in [0.2, 0.25) is 5.91 Å². The largest absolute Gasteiger partial charge is 0.495 e. The molecule has 1 aromatic carbocycles. The Kier molecular flexibility index (Phi) is 5.88. The smallest absolute Gasteiger partial charge is 0.408 e. The Hall–Kier alpha value is -1.95. The van der Waals surface area contributed by atoms with Crippen LogP contribution in [0.5, 0.6) is 5.75 Å². The molecule has 0 aromatic heterocycles. The number of alkyl carbamates (subject to hydrolysis) is 1. The van der Waals surface area contributed by atoms with Gasteiger partial charge >= 0.3 is 6.09 Å². The zero-order valence-electron chi connectivity index (χ0n) is 14.2. The first-order valence-electron chi connectivity index (χ1n) is 7.11. The van der Waals surface area contributed by atoms with Gasteiger partial charge in [-0.3, -0.25) is 4.79 Å². The Morgan fingerprint density at radius 1 is 1.13 bits per heavy atom.